The van der Waals surface area contributed by atoms with E-state index in [1.165, 1.54) is 0 Å². The van der Waals surface area contributed by atoms with Gasteiger partial charge >= 0.3 is 5.97 Å². The number of hydrogen-bond acceptors (Lipinski definition) is 5. The first kappa shape index (κ1) is 14.7. The van der Waals surface area contributed by atoms with Crippen LogP contribution >= 0.6 is 12.2 Å². The van der Waals surface area contributed by atoms with Crippen molar-refractivity contribution in [2.45, 2.75) is 32.2 Å². The number of pyridine rings is 1. The third kappa shape index (κ3) is 3.25. The Labute approximate surface area is 124 Å². The third-order valence-electron chi connectivity index (χ3n) is 3.34. The predicted octanol–water partition coefficient (Wildman–Crippen LogP) is 1.64. The molecule has 1 fully saturated rings. The summed E-state index contributed by atoms with van der Waals surface area (Å²) in [6, 6.07) is 5.24. The molecule has 1 unspecified atom stereocenters. The van der Waals surface area contributed by atoms with Crippen LogP contribution in [0.25, 0.3) is 0 Å². The lowest BCUT2D eigenvalue weighted by Gasteiger charge is -2.35. The van der Waals surface area contributed by atoms with E-state index in [0.717, 1.165) is 31.6 Å². The van der Waals surface area contributed by atoms with Crippen molar-refractivity contribution in [3.05, 3.63) is 23.9 Å². The molecule has 0 amide bonds. The second kappa shape index (κ2) is 6.65. The molecule has 20 heavy (non-hydrogen) atoms. The third-order valence-corrected chi connectivity index (χ3v) is 3.55. The summed E-state index contributed by atoms with van der Waals surface area (Å²) < 4.78 is 5.15. The van der Waals surface area contributed by atoms with Crippen LogP contribution in [-0.2, 0) is 9.53 Å². The Bertz CT molecular complexity index is 507. The molecule has 0 aliphatic carbocycles. The topological polar surface area (TPSA) is 68.5 Å². The van der Waals surface area contributed by atoms with E-state index in [1.807, 2.05) is 24.0 Å². The van der Waals surface area contributed by atoms with E-state index in [0.29, 0.717) is 12.3 Å². The van der Waals surface area contributed by atoms with E-state index >= 15 is 0 Å². The molecule has 1 aromatic rings. The van der Waals surface area contributed by atoms with Gasteiger partial charge < -0.3 is 15.4 Å². The fourth-order valence-corrected chi connectivity index (χ4v) is 2.52. The Morgan fingerprint density at radius 2 is 2.35 bits per heavy atom. The summed E-state index contributed by atoms with van der Waals surface area (Å²) in [5, 5.41) is 0. The lowest BCUT2D eigenvalue weighted by atomic mass is 10.0. The molecule has 1 saturated heterocycles. The highest BCUT2D eigenvalue weighted by molar-refractivity contribution is 7.80. The van der Waals surface area contributed by atoms with E-state index in [9.17, 15) is 4.79 Å². The average Bonchev–Trinajstić information content (AvgIpc) is 2.47. The number of ether oxygens (including phenoxy) is 1. The molecule has 108 valence electrons. The van der Waals surface area contributed by atoms with Crippen LogP contribution in [0.1, 0.15) is 31.9 Å². The summed E-state index contributed by atoms with van der Waals surface area (Å²) >= 11 is 4.95. The van der Waals surface area contributed by atoms with Crippen LogP contribution in [0.4, 0.5) is 5.82 Å². The normalized spacial score (nSPS) is 18.6. The number of carbonyl (C=O) groups is 1. The fourth-order valence-electron chi connectivity index (χ4n) is 2.41. The number of thiocarbonyl (C=S) groups is 1. The molecule has 0 saturated carbocycles. The number of nitrogens with zero attached hydrogens (tertiary/aromatic N) is 2. The molecular formula is C14H19N3O2S. The quantitative estimate of drug-likeness (QED) is 0.672. The first-order valence-corrected chi connectivity index (χ1v) is 7.24. The maximum atomic E-state index is 12.1. The van der Waals surface area contributed by atoms with E-state index in [-0.39, 0.29) is 17.0 Å². The van der Waals surface area contributed by atoms with Crippen molar-refractivity contribution in [3.63, 3.8) is 0 Å². The first-order chi connectivity index (χ1) is 9.63. The van der Waals surface area contributed by atoms with Crippen molar-refractivity contribution in [1.29, 1.82) is 0 Å². The van der Waals surface area contributed by atoms with Gasteiger partial charge in [0.25, 0.3) is 0 Å². The van der Waals surface area contributed by atoms with Crippen molar-refractivity contribution in [2.75, 3.05) is 18.1 Å². The van der Waals surface area contributed by atoms with Crippen molar-refractivity contribution in [2.24, 2.45) is 5.73 Å². The minimum absolute atomic E-state index is 0.185. The highest BCUT2D eigenvalue weighted by Crippen LogP contribution is 2.24. The van der Waals surface area contributed by atoms with Gasteiger partial charge in [0.2, 0.25) is 0 Å². The Kier molecular flexibility index (Phi) is 4.89. The Hall–Kier alpha value is -1.69. The van der Waals surface area contributed by atoms with Gasteiger partial charge in [-0.1, -0.05) is 18.3 Å². The molecule has 0 bridgehead atoms. The van der Waals surface area contributed by atoms with E-state index in [4.69, 9.17) is 22.7 Å². The second-order valence-electron chi connectivity index (χ2n) is 4.70. The molecule has 1 aliphatic heterocycles. The fraction of sp³-hybridized carbons (Fsp3) is 0.500. The SMILES string of the molecule is CCOC(=O)C1CCCCN1c1cccc(C(N)=S)n1. The van der Waals surface area contributed by atoms with Gasteiger partial charge in [0.05, 0.1) is 12.3 Å². The molecule has 2 N–H and O–H groups in total. The second-order valence-corrected chi connectivity index (χ2v) is 5.14. The zero-order valence-electron chi connectivity index (χ0n) is 11.5. The summed E-state index contributed by atoms with van der Waals surface area (Å²) in [5.74, 6) is 0.544. The number of anilines is 1. The monoisotopic (exact) mass is 293 g/mol. The number of piperidine rings is 1. The smallest absolute Gasteiger partial charge is 0.328 e. The Morgan fingerprint density at radius 3 is 3.05 bits per heavy atom. The molecule has 0 spiro atoms. The molecule has 1 aromatic heterocycles. The maximum absolute atomic E-state index is 12.1. The van der Waals surface area contributed by atoms with Gasteiger partial charge in [-0.15, -0.1) is 0 Å². The molecule has 1 atom stereocenters. The van der Waals surface area contributed by atoms with Crippen LogP contribution in [0.5, 0.6) is 0 Å². The van der Waals surface area contributed by atoms with Gasteiger partial charge in [0.1, 0.15) is 16.8 Å². The predicted molar refractivity (Wildman–Crippen MR) is 81.7 cm³/mol. The largest absolute Gasteiger partial charge is 0.464 e. The minimum Gasteiger partial charge on any atom is -0.464 e. The molecule has 5 nitrogen and oxygen atoms in total. The Balaban J connectivity index is 2.25. The number of carbonyl (C=O) groups excluding carboxylic acids is 1. The van der Waals surface area contributed by atoms with Gasteiger partial charge in [-0.05, 0) is 38.3 Å². The standard InChI is InChI=1S/C14H19N3O2S/c1-2-19-14(18)11-7-3-4-9-17(11)12-8-5-6-10(16-12)13(15)20/h5-6,8,11H,2-4,7,9H2,1H3,(H2,15,20). The highest BCUT2D eigenvalue weighted by Gasteiger charge is 2.30. The van der Waals surface area contributed by atoms with Crippen LogP contribution < -0.4 is 10.6 Å². The lowest BCUT2D eigenvalue weighted by molar-refractivity contribution is -0.145. The molecule has 2 rings (SSSR count). The van der Waals surface area contributed by atoms with Crippen LogP contribution in [0.15, 0.2) is 18.2 Å². The minimum atomic E-state index is -0.266. The van der Waals surface area contributed by atoms with Gasteiger partial charge in [0, 0.05) is 6.54 Å². The van der Waals surface area contributed by atoms with Gasteiger partial charge in [0.15, 0.2) is 0 Å². The van der Waals surface area contributed by atoms with Crippen molar-refractivity contribution >= 4 is 29.0 Å². The first-order valence-electron chi connectivity index (χ1n) is 6.83. The van der Waals surface area contributed by atoms with Gasteiger partial charge in [-0.2, -0.15) is 0 Å². The number of hydrogen-bond donors (Lipinski definition) is 1. The summed E-state index contributed by atoms with van der Waals surface area (Å²) in [5.41, 5.74) is 6.19. The van der Waals surface area contributed by atoms with Crippen molar-refractivity contribution in [1.82, 2.24) is 4.98 Å². The van der Waals surface area contributed by atoms with Gasteiger partial charge in [-0.3, -0.25) is 0 Å². The summed E-state index contributed by atoms with van der Waals surface area (Å²) in [4.78, 5) is 18.7. The average molecular weight is 293 g/mol. The van der Waals surface area contributed by atoms with Crippen LogP contribution in [0.2, 0.25) is 0 Å². The summed E-state index contributed by atoms with van der Waals surface area (Å²) in [7, 11) is 0. The van der Waals surface area contributed by atoms with Crippen LogP contribution in [0.3, 0.4) is 0 Å². The highest BCUT2D eigenvalue weighted by atomic mass is 32.1. The van der Waals surface area contributed by atoms with Crippen LogP contribution in [-0.4, -0.2) is 35.1 Å². The lowest BCUT2D eigenvalue weighted by Crippen LogP contribution is -2.46. The van der Waals surface area contributed by atoms with E-state index in [1.54, 1.807) is 6.07 Å². The molecule has 6 heteroatoms. The summed E-state index contributed by atoms with van der Waals surface area (Å²) in [6.45, 7) is 3.00. The van der Waals surface area contributed by atoms with Gasteiger partial charge in [-0.25, -0.2) is 9.78 Å². The molecule has 2 heterocycles. The van der Waals surface area contributed by atoms with Crippen molar-refractivity contribution in [3.8, 4) is 0 Å². The zero-order chi connectivity index (χ0) is 14.5. The summed E-state index contributed by atoms with van der Waals surface area (Å²) in [6.07, 6.45) is 2.85. The Morgan fingerprint density at radius 1 is 1.55 bits per heavy atom. The number of esters is 1. The molecule has 0 aromatic carbocycles. The zero-order valence-corrected chi connectivity index (χ0v) is 12.4. The van der Waals surface area contributed by atoms with E-state index in [2.05, 4.69) is 4.98 Å². The van der Waals surface area contributed by atoms with E-state index < -0.39 is 0 Å². The maximum Gasteiger partial charge on any atom is 0.328 e. The number of rotatable bonds is 4. The molecular weight excluding hydrogens is 274 g/mol. The number of nitrogens with two attached hydrogens (primary N) is 1. The van der Waals surface area contributed by atoms with Crippen molar-refractivity contribution < 1.29 is 9.53 Å². The molecule has 1 aliphatic rings. The number of aromatic nitrogens is 1. The molecule has 0 radical (unpaired) electrons. The van der Waals surface area contributed by atoms with Crippen LogP contribution in [0, 0.1) is 0 Å².